The van der Waals surface area contributed by atoms with Gasteiger partial charge in [0.1, 0.15) is 0 Å². The van der Waals surface area contributed by atoms with Crippen molar-refractivity contribution in [2.75, 3.05) is 19.6 Å². The SMILES string of the molecule is O=C(O)C1CN(CC2Cc3ccc(C(F)(F)F)cc3CN2)CC1CCCB(O)O. The fraction of sp³-hybridized carbons (Fsp3) is 0.632. The molecule has 4 N–H and O–H groups in total. The number of hydrogen-bond acceptors (Lipinski definition) is 5. The van der Waals surface area contributed by atoms with Gasteiger partial charge in [-0.15, -0.1) is 0 Å². The molecule has 0 aromatic heterocycles. The van der Waals surface area contributed by atoms with Gasteiger partial charge in [-0.05, 0) is 48.3 Å². The summed E-state index contributed by atoms with van der Waals surface area (Å²) in [6, 6.07) is 3.90. The van der Waals surface area contributed by atoms with Crippen molar-refractivity contribution >= 4 is 13.1 Å². The number of nitrogens with zero attached hydrogens (tertiary/aromatic N) is 1. The van der Waals surface area contributed by atoms with E-state index in [9.17, 15) is 23.1 Å². The van der Waals surface area contributed by atoms with Crippen molar-refractivity contribution in [2.24, 2.45) is 11.8 Å². The summed E-state index contributed by atoms with van der Waals surface area (Å²) < 4.78 is 38.6. The average Bonchev–Trinajstić information content (AvgIpc) is 3.03. The van der Waals surface area contributed by atoms with E-state index >= 15 is 0 Å². The fourth-order valence-corrected chi connectivity index (χ4v) is 4.44. The Kier molecular flexibility index (Phi) is 6.88. The molecule has 6 nitrogen and oxygen atoms in total. The number of alkyl halides is 3. The van der Waals surface area contributed by atoms with Crippen molar-refractivity contribution in [2.45, 2.75) is 44.3 Å². The van der Waals surface area contributed by atoms with Crippen LogP contribution in [-0.4, -0.2) is 58.8 Å². The molecule has 3 atom stereocenters. The van der Waals surface area contributed by atoms with Crippen LogP contribution < -0.4 is 5.32 Å². The average molecular weight is 414 g/mol. The lowest BCUT2D eigenvalue weighted by molar-refractivity contribution is -0.142. The topological polar surface area (TPSA) is 93.0 Å². The quantitative estimate of drug-likeness (QED) is 0.507. The lowest BCUT2D eigenvalue weighted by Crippen LogP contribution is -2.44. The van der Waals surface area contributed by atoms with Crippen molar-refractivity contribution in [3.05, 3.63) is 34.9 Å². The lowest BCUT2D eigenvalue weighted by Gasteiger charge is -2.30. The zero-order chi connectivity index (χ0) is 21.2. The van der Waals surface area contributed by atoms with Gasteiger partial charge < -0.3 is 25.4 Å². The largest absolute Gasteiger partial charge is 0.481 e. The summed E-state index contributed by atoms with van der Waals surface area (Å²) in [6.45, 7) is 2.04. The van der Waals surface area contributed by atoms with Crippen molar-refractivity contribution in [1.82, 2.24) is 10.2 Å². The van der Waals surface area contributed by atoms with Crippen LogP contribution in [0.1, 0.15) is 29.5 Å². The summed E-state index contributed by atoms with van der Waals surface area (Å²) in [4.78, 5) is 13.7. The van der Waals surface area contributed by atoms with Crippen LogP contribution in [0.15, 0.2) is 18.2 Å². The van der Waals surface area contributed by atoms with Crippen LogP contribution in [0.25, 0.3) is 0 Å². The lowest BCUT2D eigenvalue weighted by atomic mass is 9.80. The molecular formula is C19H26BF3N2O4. The van der Waals surface area contributed by atoms with Crippen molar-refractivity contribution in [3.63, 3.8) is 0 Å². The summed E-state index contributed by atoms with van der Waals surface area (Å²) in [5.74, 6) is -1.38. The molecule has 160 valence electrons. The van der Waals surface area contributed by atoms with Gasteiger partial charge in [-0.25, -0.2) is 0 Å². The molecule has 0 saturated carbocycles. The Bertz CT molecular complexity index is 732. The molecule has 0 amide bonds. The Morgan fingerprint density at radius 1 is 1.24 bits per heavy atom. The van der Waals surface area contributed by atoms with Gasteiger partial charge in [0.15, 0.2) is 0 Å². The first-order chi connectivity index (χ1) is 13.6. The molecule has 3 rings (SSSR count). The van der Waals surface area contributed by atoms with Crippen molar-refractivity contribution in [1.29, 1.82) is 0 Å². The van der Waals surface area contributed by atoms with Crippen LogP contribution >= 0.6 is 0 Å². The van der Waals surface area contributed by atoms with E-state index in [1.54, 1.807) is 6.07 Å². The maximum Gasteiger partial charge on any atom is 0.451 e. The van der Waals surface area contributed by atoms with E-state index in [-0.39, 0.29) is 18.3 Å². The molecule has 2 aliphatic rings. The number of carboxylic acid groups (broad SMARTS) is 1. The smallest absolute Gasteiger partial charge is 0.451 e. The number of nitrogens with one attached hydrogen (secondary N) is 1. The van der Waals surface area contributed by atoms with Gasteiger partial charge in [0.25, 0.3) is 0 Å². The summed E-state index contributed by atoms with van der Waals surface area (Å²) in [7, 11) is -1.37. The molecule has 3 unspecified atom stereocenters. The molecule has 29 heavy (non-hydrogen) atoms. The predicted octanol–water partition coefficient (Wildman–Crippen LogP) is 1.61. The predicted molar refractivity (Wildman–Crippen MR) is 101 cm³/mol. The zero-order valence-corrected chi connectivity index (χ0v) is 16.0. The monoisotopic (exact) mass is 414 g/mol. The van der Waals surface area contributed by atoms with Crippen LogP contribution in [0.4, 0.5) is 13.2 Å². The Morgan fingerprint density at radius 2 is 2.00 bits per heavy atom. The molecule has 2 heterocycles. The van der Waals surface area contributed by atoms with E-state index in [4.69, 9.17) is 10.0 Å². The standard InChI is InChI=1S/C19H26BF3N2O4/c21-19(22,23)15-4-3-12-7-16(24-8-14(12)6-15)10-25-9-13(2-1-5-20(28)29)17(11-25)18(26)27/h3-4,6,13,16-17,24,28-29H,1-2,5,7-11H2,(H,26,27). The van der Waals surface area contributed by atoms with Crippen LogP contribution in [0, 0.1) is 11.8 Å². The highest BCUT2D eigenvalue weighted by Gasteiger charge is 2.38. The van der Waals surface area contributed by atoms with Crippen LogP contribution in [-0.2, 0) is 23.9 Å². The second kappa shape index (κ2) is 9.03. The van der Waals surface area contributed by atoms with Gasteiger partial charge in [0.2, 0.25) is 0 Å². The highest BCUT2D eigenvalue weighted by Crippen LogP contribution is 2.32. The van der Waals surface area contributed by atoms with E-state index < -0.39 is 30.7 Å². The molecule has 0 bridgehead atoms. The highest BCUT2D eigenvalue weighted by molar-refractivity contribution is 6.40. The van der Waals surface area contributed by atoms with E-state index in [0.717, 1.165) is 11.6 Å². The van der Waals surface area contributed by atoms with Gasteiger partial charge in [0.05, 0.1) is 11.5 Å². The molecule has 1 saturated heterocycles. The molecule has 2 aliphatic heterocycles. The van der Waals surface area contributed by atoms with Gasteiger partial charge >= 0.3 is 19.3 Å². The number of likely N-dealkylation sites (tertiary alicyclic amines) is 1. The van der Waals surface area contributed by atoms with Gasteiger partial charge in [-0.1, -0.05) is 12.5 Å². The molecule has 0 radical (unpaired) electrons. The minimum atomic E-state index is -4.35. The Hall–Kier alpha value is -1.62. The van der Waals surface area contributed by atoms with Crippen molar-refractivity contribution in [3.8, 4) is 0 Å². The third kappa shape index (κ3) is 5.72. The van der Waals surface area contributed by atoms with E-state index in [1.807, 2.05) is 0 Å². The third-order valence-electron chi connectivity index (χ3n) is 5.93. The number of fused-ring (bicyclic) bond motifs is 1. The fourth-order valence-electron chi connectivity index (χ4n) is 4.44. The molecule has 1 aromatic carbocycles. The van der Waals surface area contributed by atoms with Gasteiger partial charge in [-0.2, -0.15) is 13.2 Å². The first kappa shape index (κ1) is 22.1. The maximum absolute atomic E-state index is 12.9. The number of rotatable bonds is 7. The minimum absolute atomic E-state index is 0.0449. The number of carbonyl (C=O) groups is 1. The second-order valence-corrected chi connectivity index (χ2v) is 8.10. The number of hydrogen-bond donors (Lipinski definition) is 4. The molecule has 0 aliphatic carbocycles. The van der Waals surface area contributed by atoms with Crippen LogP contribution in [0.5, 0.6) is 0 Å². The number of benzene rings is 1. The van der Waals surface area contributed by atoms with Crippen LogP contribution in [0.2, 0.25) is 6.32 Å². The third-order valence-corrected chi connectivity index (χ3v) is 5.93. The van der Waals surface area contributed by atoms with E-state index in [0.29, 0.717) is 51.0 Å². The van der Waals surface area contributed by atoms with Crippen LogP contribution in [0.3, 0.4) is 0 Å². The molecule has 1 fully saturated rings. The summed E-state index contributed by atoms with van der Waals surface area (Å²) >= 11 is 0. The van der Waals surface area contributed by atoms with E-state index in [1.165, 1.54) is 6.07 Å². The van der Waals surface area contributed by atoms with Crippen molar-refractivity contribution < 1.29 is 33.1 Å². The molecule has 1 aromatic rings. The Balaban J connectivity index is 1.57. The molecule has 0 spiro atoms. The van der Waals surface area contributed by atoms with E-state index in [2.05, 4.69) is 10.2 Å². The Morgan fingerprint density at radius 3 is 2.66 bits per heavy atom. The number of carboxylic acids is 1. The zero-order valence-electron chi connectivity index (χ0n) is 16.0. The van der Waals surface area contributed by atoms with Gasteiger partial charge in [-0.3, -0.25) is 4.79 Å². The summed E-state index contributed by atoms with van der Waals surface area (Å²) in [6.07, 6.45) is -2.36. The first-order valence-electron chi connectivity index (χ1n) is 9.87. The summed E-state index contributed by atoms with van der Waals surface area (Å²) in [5.41, 5.74) is 0.904. The first-order valence-corrected chi connectivity index (χ1v) is 9.87. The maximum atomic E-state index is 12.9. The number of aliphatic carboxylic acids is 1. The Labute approximate surface area is 167 Å². The molecule has 10 heteroatoms. The highest BCUT2D eigenvalue weighted by atomic mass is 19.4. The second-order valence-electron chi connectivity index (χ2n) is 8.10. The summed E-state index contributed by atoms with van der Waals surface area (Å²) in [5, 5.41) is 30.7. The van der Waals surface area contributed by atoms with Gasteiger partial charge in [0, 0.05) is 32.2 Å². The number of halogens is 3. The minimum Gasteiger partial charge on any atom is -0.481 e. The normalized spacial score (nSPS) is 25.1. The molecular weight excluding hydrogens is 388 g/mol.